The molecule has 3 aromatic carbocycles. The Labute approximate surface area is 161 Å². The Hall–Kier alpha value is -3.93. The lowest BCUT2D eigenvalue weighted by atomic mass is 10.2. The standard InChI is InChI=1S/C22H17NO5/c24-20(23-21(25)16-8-3-1-4-9-16)15-27-22(26)17-10-7-13-19(14-17)28-18-11-5-2-6-12-18/h1-14H,15H2,(H,23,24,25). The third-order valence-electron chi connectivity index (χ3n) is 3.67. The lowest BCUT2D eigenvalue weighted by Gasteiger charge is -2.08. The Morgan fingerprint density at radius 3 is 2.04 bits per heavy atom. The first-order valence-electron chi connectivity index (χ1n) is 8.51. The van der Waals surface area contributed by atoms with E-state index >= 15 is 0 Å². The van der Waals surface area contributed by atoms with Crippen molar-refractivity contribution in [3.63, 3.8) is 0 Å². The normalized spacial score (nSPS) is 10.0. The van der Waals surface area contributed by atoms with E-state index in [1.54, 1.807) is 60.7 Å². The highest BCUT2D eigenvalue weighted by molar-refractivity contribution is 6.05. The van der Waals surface area contributed by atoms with Gasteiger partial charge in [0.2, 0.25) is 0 Å². The first-order valence-corrected chi connectivity index (χ1v) is 8.51. The third-order valence-corrected chi connectivity index (χ3v) is 3.67. The topological polar surface area (TPSA) is 81.7 Å². The Morgan fingerprint density at radius 1 is 0.714 bits per heavy atom. The summed E-state index contributed by atoms with van der Waals surface area (Å²) in [7, 11) is 0. The predicted molar refractivity (Wildman–Crippen MR) is 102 cm³/mol. The first kappa shape index (κ1) is 18.8. The molecule has 28 heavy (non-hydrogen) atoms. The van der Waals surface area contributed by atoms with Crippen LogP contribution in [0.2, 0.25) is 0 Å². The molecule has 2 amide bonds. The summed E-state index contributed by atoms with van der Waals surface area (Å²) >= 11 is 0. The van der Waals surface area contributed by atoms with Crippen molar-refractivity contribution in [1.82, 2.24) is 5.32 Å². The van der Waals surface area contributed by atoms with Crippen LogP contribution in [0.25, 0.3) is 0 Å². The summed E-state index contributed by atoms with van der Waals surface area (Å²) in [6.07, 6.45) is 0. The smallest absolute Gasteiger partial charge is 0.338 e. The highest BCUT2D eigenvalue weighted by Crippen LogP contribution is 2.22. The van der Waals surface area contributed by atoms with Crippen LogP contribution in [0.4, 0.5) is 0 Å². The number of carbonyl (C=O) groups excluding carboxylic acids is 3. The monoisotopic (exact) mass is 375 g/mol. The van der Waals surface area contributed by atoms with Gasteiger partial charge >= 0.3 is 5.97 Å². The fourth-order valence-electron chi connectivity index (χ4n) is 2.35. The highest BCUT2D eigenvalue weighted by Gasteiger charge is 2.14. The van der Waals surface area contributed by atoms with Gasteiger partial charge in [0.05, 0.1) is 5.56 Å². The molecule has 0 aliphatic carbocycles. The summed E-state index contributed by atoms with van der Waals surface area (Å²) in [6, 6.07) is 23.8. The average Bonchev–Trinajstić information content (AvgIpc) is 2.73. The summed E-state index contributed by atoms with van der Waals surface area (Å²) < 4.78 is 10.6. The van der Waals surface area contributed by atoms with Crippen LogP contribution < -0.4 is 10.1 Å². The second-order valence-corrected chi connectivity index (χ2v) is 5.76. The lowest BCUT2D eigenvalue weighted by Crippen LogP contribution is -2.34. The molecule has 1 N–H and O–H groups in total. The molecule has 0 aromatic heterocycles. The summed E-state index contributed by atoms with van der Waals surface area (Å²) in [6.45, 7) is -0.568. The van der Waals surface area contributed by atoms with E-state index in [9.17, 15) is 14.4 Å². The minimum Gasteiger partial charge on any atom is -0.457 e. The Kier molecular flexibility index (Phi) is 6.15. The number of rotatable bonds is 6. The number of ether oxygens (including phenoxy) is 2. The molecule has 0 radical (unpaired) electrons. The van der Waals surface area contributed by atoms with Crippen LogP contribution in [-0.2, 0) is 9.53 Å². The quantitative estimate of drug-likeness (QED) is 0.666. The average molecular weight is 375 g/mol. The van der Waals surface area contributed by atoms with Crippen LogP contribution in [0, 0.1) is 0 Å². The molecule has 6 heteroatoms. The number of nitrogens with one attached hydrogen (secondary N) is 1. The zero-order chi connectivity index (χ0) is 19.8. The van der Waals surface area contributed by atoms with Crippen LogP contribution in [0.15, 0.2) is 84.9 Å². The van der Waals surface area contributed by atoms with Crippen LogP contribution in [0.5, 0.6) is 11.5 Å². The van der Waals surface area contributed by atoms with Gasteiger partial charge in [0.15, 0.2) is 6.61 Å². The molecule has 0 atom stereocenters. The number of carbonyl (C=O) groups is 3. The van der Waals surface area contributed by atoms with Crippen LogP contribution >= 0.6 is 0 Å². The molecule has 0 unspecified atom stereocenters. The summed E-state index contributed by atoms with van der Waals surface area (Å²) in [5.41, 5.74) is 0.573. The van der Waals surface area contributed by atoms with E-state index in [0.717, 1.165) is 0 Å². The molecule has 0 bridgehead atoms. The van der Waals surface area contributed by atoms with Gasteiger partial charge in [-0.2, -0.15) is 0 Å². The van der Waals surface area contributed by atoms with Crippen molar-refractivity contribution < 1.29 is 23.9 Å². The summed E-state index contributed by atoms with van der Waals surface area (Å²) in [5, 5.41) is 2.17. The van der Waals surface area contributed by atoms with Gasteiger partial charge in [0, 0.05) is 5.56 Å². The van der Waals surface area contributed by atoms with Crippen LogP contribution in [0.3, 0.4) is 0 Å². The largest absolute Gasteiger partial charge is 0.457 e. The molecule has 0 saturated carbocycles. The molecular formula is C22H17NO5. The van der Waals surface area contributed by atoms with Crippen molar-refractivity contribution in [2.75, 3.05) is 6.61 Å². The molecule has 0 aliphatic heterocycles. The molecule has 140 valence electrons. The fraction of sp³-hybridized carbons (Fsp3) is 0.0455. The molecule has 6 nitrogen and oxygen atoms in total. The fourth-order valence-corrected chi connectivity index (χ4v) is 2.35. The number of hydrogen-bond acceptors (Lipinski definition) is 5. The zero-order valence-corrected chi connectivity index (χ0v) is 14.8. The maximum atomic E-state index is 12.2. The van der Waals surface area contributed by atoms with Crippen molar-refractivity contribution in [3.05, 3.63) is 96.1 Å². The maximum Gasteiger partial charge on any atom is 0.338 e. The van der Waals surface area contributed by atoms with Crippen molar-refractivity contribution in [2.45, 2.75) is 0 Å². The van der Waals surface area contributed by atoms with E-state index in [2.05, 4.69) is 5.32 Å². The van der Waals surface area contributed by atoms with Gasteiger partial charge < -0.3 is 9.47 Å². The Bertz CT molecular complexity index is 970. The van der Waals surface area contributed by atoms with Crippen molar-refractivity contribution in [1.29, 1.82) is 0 Å². The minimum absolute atomic E-state index is 0.232. The molecule has 0 heterocycles. The first-order chi connectivity index (χ1) is 13.6. The van der Waals surface area contributed by atoms with Gasteiger partial charge in [0.25, 0.3) is 11.8 Å². The van der Waals surface area contributed by atoms with Gasteiger partial charge in [-0.05, 0) is 42.5 Å². The zero-order valence-electron chi connectivity index (χ0n) is 14.8. The molecule has 3 rings (SSSR count). The van der Waals surface area contributed by atoms with E-state index in [4.69, 9.17) is 9.47 Å². The second kappa shape index (κ2) is 9.14. The van der Waals surface area contributed by atoms with E-state index in [0.29, 0.717) is 17.1 Å². The number of amides is 2. The van der Waals surface area contributed by atoms with Gasteiger partial charge in [0.1, 0.15) is 11.5 Å². The van der Waals surface area contributed by atoms with Crippen molar-refractivity contribution >= 4 is 17.8 Å². The van der Waals surface area contributed by atoms with Gasteiger partial charge in [-0.1, -0.05) is 42.5 Å². The number of esters is 1. The van der Waals surface area contributed by atoms with Gasteiger partial charge in [-0.3, -0.25) is 14.9 Å². The molecule has 0 fully saturated rings. The number of hydrogen-bond donors (Lipinski definition) is 1. The molecule has 0 aliphatic rings. The predicted octanol–water partition coefficient (Wildman–Crippen LogP) is 3.59. The number of benzene rings is 3. The van der Waals surface area contributed by atoms with Gasteiger partial charge in [-0.15, -0.1) is 0 Å². The minimum atomic E-state index is -0.709. The molecule has 0 spiro atoms. The van der Waals surface area contributed by atoms with E-state index < -0.39 is 24.4 Å². The van der Waals surface area contributed by atoms with E-state index in [1.165, 1.54) is 6.07 Å². The van der Waals surface area contributed by atoms with Crippen LogP contribution in [0.1, 0.15) is 20.7 Å². The lowest BCUT2D eigenvalue weighted by molar-refractivity contribution is -0.123. The maximum absolute atomic E-state index is 12.2. The van der Waals surface area contributed by atoms with E-state index in [-0.39, 0.29) is 5.56 Å². The highest BCUT2D eigenvalue weighted by atomic mass is 16.5. The van der Waals surface area contributed by atoms with E-state index in [1.807, 2.05) is 18.2 Å². The van der Waals surface area contributed by atoms with Crippen molar-refractivity contribution in [2.24, 2.45) is 0 Å². The molecular weight excluding hydrogens is 358 g/mol. The van der Waals surface area contributed by atoms with Crippen molar-refractivity contribution in [3.8, 4) is 11.5 Å². The van der Waals surface area contributed by atoms with Crippen LogP contribution in [-0.4, -0.2) is 24.4 Å². The third kappa shape index (κ3) is 5.28. The Balaban J connectivity index is 1.54. The summed E-state index contributed by atoms with van der Waals surface area (Å²) in [4.78, 5) is 35.9. The van der Waals surface area contributed by atoms with Gasteiger partial charge in [-0.25, -0.2) is 4.79 Å². The molecule has 3 aromatic rings. The molecule has 0 saturated heterocycles. The second-order valence-electron chi connectivity index (χ2n) is 5.76. The summed E-state index contributed by atoms with van der Waals surface area (Å²) in [5.74, 6) is -0.865. The number of imide groups is 1. The number of para-hydroxylation sites is 1. The Morgan fingerprint density at radius 2 is 1.32 bits per heavy atom. The SMILES string of the molecule is O=C(COC(=O)c1cccc(Oc2ccccc2)c1)NC(=O)c1ccccc1.